The summed E-state index contributed by atoms with van der Waals surface area (Å²) in [6, 6.07) is 4.72. The van der Waals surface area contributed by atoms with Crippen LogP contribution in [0.5, 0.6) is 0 Å². The van der Waals surface area contributed by atoms with E-state index in [0.29, 0.717) is 11.4 Å². The molecule has 0 saturated carbocycles. The van der Waals surface area contributed by atoms with Gasteiger partial charge >= 0.3 is 0 Å². The van der Waals surface area contributed by atoms with Crippen LogP contribution in [0.15, 0.2) is 41.7 Å². The number of carbonyl (C=O) groups excluding carboxylic acids is 1. The maximum absolute atomic E-state index is 13.4. The molecular weight excluding hydrogens is 418 g/mol. The van der Waals surface area contributed by atoms with Gasteiger partial charge in [-0.25, -0.2) is 13.4 Å². The summed E-state index contributed by atoms with van der Waals surface area (Å²) in [6.45, 7) is 1.80. The monoisotopic (exact) mass is 439 g/mol. The molecule has 1 saturated heterocycles. The topological polar surface area (TPSA) is 80.2 Å². The van der Waals surface area contributed by atoms with Gasteiger partial charge < -0.3 is 0 Å². The number of sulfone groups is 1. The Balaban J connectivity index is 1.93. The third kappa shape index (κ3) is 4.67. The number of nitrogens with zero attached hydrogens (tertiary/aromatic N) is 3. The lowest BCUT2D eigenvalue weighted by Gasteiger charge is -2.34. The molecule has 0 radical (unpaired) electrons. The van der Waals surface area contributed by atoms with Crippen LogP contribution in [0.2, 0.25) is 5.02 Å². The number of benzene rings is 1. The van der Waals surface area contributed by atoms with E-state index in [1.165, 1.54) is 6.07 Å². The van der Waals surface area contributed by atoms with Crippen LogP contribution in [0.1, 0.15) is 31.2 Å². The smallest absolute Gasteiger partial charge is 0.235 e. The van der Waals surface area contributed by atoms with Gasteiger partial charge in [-0.15, -0.1) is 0 Å². The Morgan fingerprint density at radius 2 is 2.14 bits per heavy atom. The van der Waals surface area contributed by atoms with E-state index in [0.717, 1.165) is 30.6 Å². The summed E-state index contributed by atoms with van der Waals surface area (Å²) in [4.78, 5) is 23.7. The van der Waals surface area contributed by atoms with Crippen LogP contribution in [0.4, 0.5) is 5.82 Å². The second kappa shape index (κ2) is 8.80. The number of amides is 1. The van der Waals surface area contributed by atoms with Gasteiger partial charge in [0.25, 0.3) is 0 Å². The third-order valence-electron chi connectivity index (χ3n) is 4.76. The molecule has 0 aliphatic carbocycles. The SMILES string of the molecule is CC(C(=O)N(c1cnccn1)[C@@H]1CCCSC1)c1ccc(S(C)(=O)=O)c(Cl)c1. The fourth-order valence-electron chi connectivity index (χ4n) is 3.26. The summed E-state index contributed by atoms with van der Waals surface area (Å²) in [7, 11) is -3.42. The van der Waals surface area contributed by atoms with E-state index >= 15 is 0 Å². The molecule has 150 valence electrons. The highest BCUT2D eigenvalue weighted by molar-refractivity contribution is 7.99. The first-order valence-electron chi connectivity index (χ1n) is 8.95. The number of anilines is 1. The number of hydrogen-bond donors (Lipinski definition) is 0. The molecule has 2 heterocycles. The Bertz CT molecular complexity index is 948. The van der Waals surface area contributed by atoms with Crippen molar-refractivity contribution in [2.24, 2.45) is 0 Å². The van der Waals surface area contributed by atoms with Crippen molar-refractivity contribution >= 4 is 44.9 Å². The molecule has 2 atom stereocenters. The summed E-state index contributed by atoms with van der Waals surface area (Å²) in [5.41, 5.74) is 0.666. The Kier molecular flexibility index (Phi) is 6.62. The van der Waals surface area contributed by atoms with Crippen molar-refractivity contribution in [3.05, 3.63) is 47.4 Å². The number of hydrogen-bond acceptors (Lipinski definition) is 6. The number of carbonyl (C=O) groups is 1. The highest BCUT2D eigenvalue weighted by atomic mass is 35.5. The van der Waals surface area contributed by atoms with E-state index in [2.05, 4.69) is 9.97 Å². The summed E-state index contributed by atoms with van der Waals surface area (Å²) >= 11 is 8.01. The van der Waals surface area contributed by atoms with Crippen molar-refractivity contribution in [3.63, 3.8) is 0 Å². The molecule has 1 aliphatic rings. The predicted molar refractivity (Wildman–Crippen MR) is 113 cm³/mol. The van der Waals surface area contributed by atoms with E-state index in [4.69, 9.17) is 11.6 Å². The van der Waals surface area contributed by atoms with E-state index < -0.39 is 15.8 Å². The van der Waals surface area contributed by atoms with Crippen molar-refractivity contribution in [3.8, 4) is 0 Å². The van der Waals surface area contributed by atoms with Crippen LogP contribution < -0.4 is 4.90 Å². The number of halogens is 1. The third-order valence-corrected chi connectivity index (χ3v) is 7.54. The average Bonchev–Trinajstić information content (AvgIpc) is 2.68. The van der Waals surface area contributed by atoms with E-state index in [-0.39, 0.29) is 21.9 Å². The van der Waals surface area contributed by atoms with E-state index in [9.17, 15) is 13.2 Å². The van der Waals surface area contributed by atoms with Gasteiger partial charge in [0.2, 0.25) is 5.91 Å². The molecule has 0 bridgehead atoms. The minimum Gasteiger partial charge on any atom is -0.291 e. The van der Waals surface area contributed by atoms with Crippen LogP contribution >= 0.6 is 23.4 Å². The van der Waals surface area contributed by atoms with Crippen molar-refractivity contribution in [1.29, 1.82) is 0 Å². The van der Waals surface area contributed by atoms with Crippen LogP contribution in [0.3, 0.4) is 0 Å². The van der Waals surface area contributed by atoms with E-state index in [1.54, 1.807) is 42.5 Å². The maximum atomic E-state index is 13.4. The Labute approximate surface area is 174 Å². The molecule has 3 rings (SSSR count). The second-order valence-electron chi connectivity index (χ2n) is 6.83. The summed E-state index contributed by atoms with van der Waals surface area (Å²) < 4.78 is 23.6. The quantitative estimate of drug-likeness (QED) is 0.708. The molecular formula is C19H22ClN3O3S2. The van der Waals surface area contributed by atoms with Crippen molar-refractivity contribution in [2.75, 3.05) is 22.7 Å². The minimum atomic E-state index is -3.42. The second-order valence-corrected chi connectivity index (χ2v) is 10.4. The molecule has 1 aromatic heterocycles. The Morgan fingerprint density at radius 3 is 2.71 bits per heavy atom. The largest absolute Gasteiger partial charge is 0.291 e. The van der Waals surface area contributed by atoms with Gasteiger partial charge in [0, 0.05) is 30.4 Å². The Morgan fingerprint density at radius 1 is 1.36 bits per heavy atom. The van der Waals surface area contributed by atoms with Crippen molar-refractivity contribution in [2.45, 2.75) is 36.6 Å². The van der Waals surface area contributed by atoms with Gasteiger partial charge in [-0.05, 0) is 43.2 Å². The van der Waals surface area contributed by atoms with Gasteiger partial charge in [0.1, 0.15) is 0 Å². The summed E-state index contributed by atoms with van der Waals surface area (Å²) in [6.07, 6.45) is 7.82. The molecule has 2 aromatic rings. The van der Waals surface area contributed by atoms with Crippen molar-refractivity contribution < 1.29 is 13.2 Å². The lowest BCUT2D eigenvalue weighted by molar-refractivity contribution is -0.120. The lowest BCUT2D eigenvalue weighted by Crippen LogP contribution is -2.45. The molecule has 1 aromatic carbocycles. The first kappa shape index (κ1) is 21.1. The Hall–Kier alpha value is -1.64. The zero-order valence-corrected chi connectivity index (χ0v) is 18.1. The molecule has 28 heavy (non-hydrogen) atoms. The van der Waals surface area contributed by atoms with Gasteiger partial charge in [-0.1, -0.05) is 17.7 Å². The van der Waals surface area contributed by atoms with Gasteiger partial charge in [-0.3, -0.25) is 14.7 Å². The van der Waals surface area contributed by atoms with Crippen LogP contribution in [0, 0.1) is 0 Å². The molecule has 1 unspecified atom stereocenters. The lowest BCUT2D eigenvalue weighted by atomic mass is 9.98. The molecule has 1 fully saturated rings. The number of aromatic nitrogens is 2. The highest BCUT2D eigenvalue weighted by Gasteiger charge is 2.32. The summed E-state index contributed by atoms with van der Waals surface area (Å²) in [5, 5.41) is 0.124. The number of rotatable bonds is 5. The standard InChI is InChI=1S/C19H22ClN3O3S2/c1-13(14-5-6-17(16(20)10-14)28(2,25)26)19(24)23(15-4-3-9-27-12-15)18-11-21-7-8-22-18/h5-8,10-11,13,15H,3-4,9,12H2,1-2H3/t13?,15-/m1/s1. The van der Waals surface area contributed by atoms with Crippen molar-refractivity contribution in [1.82, 2.24) is 9.97 Å². The maximum Gasteiger partial charge on any atom is 0.235 e. The molecule has 6 nitrogen and oxygen atoms in total. The molecule has 1 aliphatic heterocycles. The van der Waals surface area contributed by atoms with E-state index in [1.807, 2.05) is 11.8 Å². The molecule has 0 N–H and O–H groups in total. The predicted octanol–water partition coefficient (Wildman–Crippen LogP) is 3.57. The van der Waals surface area contributed by atoms with Gasteiger partial charge in [0.05, 0.1) is 22.0 Å². The highest BCUT2D eigenvalue weighted by Crippen LogP contribution is 2.31. The van der Waals surface area contributed by atoms with Crippen LogP contribution in [0.25, 0.3) is 0 Å². The fourth-order valence-corrected chi connectivity index (χ4v) is 5.72. The first-order valence-corrected chi connectivity index (χ1v) is 12.4. The minimum absolute atomic E-state index is 0.0520. The van der Waals surface area contributed by atoms with Crippen LogP contribution in [-0.4, -0.2) is 48.1 Å². The average molecular weight is 440 g/mol. The number of thioether (sulfide) groups is 1. The zero-order chi connectivity index (χ0) is 20.3. The van der Waals surface area contributed by atoms with Gasteiger partial charge in [0.15, 0.2) is 15.7 Å². The molecule has 0 spiro atoms. The molecule has 9 heteroatoms. The van der Waals surface area contributed by atoms with Crippen LogP contribution in [-0.2, 0) is 14.6 Å². The molecule has 1 amide bonds. The van der Waals surface area contributed by atoms with Gasteiger partial charge in [-0.2, -0.15) is 11.8 Å². The normalized spacial score (nSPS) is 18.5. The first-order chi connectivity index (χ1) is 13.3. The summed E-state index contributed by atoms with van der Waals surface area (Å²) in [5.74, 6) is 1.88. The fraction of sp³-hybridized carbons (Fsp3) is 0.421. The zero-order valence-electron chi connectivity index (χ0n) is 15.7.